The Kier molecular flexibility index (Phi) is 6.14. The molecule has 0 aliphatic carbocycles. The molecule has 1 unspecified atom stereocenters. The molecule has 0 aliphatic rings. The van der Waals surface area contributed by atoms with Gasteiger partial charge in [0, 0.05) is 24.2 Å². The second-order valence-electron chi connectivity index (χ2n) is 4.22. The summed E-state index contributed by atoms with van der Waals surface area (Å²) in [6, 6.07) is 3.71. The topological polar surface area (TPSA) is 77.2 Å². The fraction of sp³-hybridized carbons (Fsp3) is 0.538. The van der Waals surface area contributed by atoms with Crippen LogP contribution in [-0.2, 0) is 11.3 Å². The fourth-order valence-corrected chi connectivity index (χ4v) is 1.65. The molecule has 1 heterocycles. The molecule has 5 heteroatoms. The molecule has 0 aromatic carbocycles. The molecular weight excluding hydrogens is 230 g/mol. The third-order valence-electron chi connectivity index (χ3n) is 2.79. The zero-order valence-electron chi connectivity index (χ0n) is 11.0. The van der Waals surface area contributed by atoms with E-state index in [-0.39, 0.29) is 11.8 Å². The van der Waals surface area contributed by atoms with Gasteiger partial charge in [-0.1, -0.05) is 13.0 Å². The highest BCUT2D eigenvalue weighted by atomic mass is 16.5. The van der Waals surface area contributed by atoms with E-state index in [0.29, 0.717) is 19.0 Å². The number of nitrogens with one attached hydrogen (secondary N) is 1. The Morgan fingerprint density at radius 1 is 1.61 bits per heavy atom. The van der Waals surface area contributed by atoms with Gasteiger partial charge in [-0.3, -0.25) is 4.79 Å². The number of rotatable bonds is 7. The highest BCUT2D eigenvalue weighted by molar-refractivity contribution is 5.78. The van der Waals surface area contributed by atoms with Gasteiger partial charge in [-0.25, -0.2) is 4.98 Å². The lowest BCUT2D eigenvalue weighted by atomic mass is 10.0. The maximum absolute atomic E-state index is 11.8. The molecule has 0 saturated heterocycles. The minimum Gasteiger partial charge on any atom is -0.481 e. The van der Waals surface area contributed by atoms with Crippen LogP contribution >= 0.6 is 0 Å². The summed E-state index contributed by atoms with van der Waals surface area (Å²) >= 11 is 0. The molecule has 1 amide bonds. The zero-order valence-corrected chi connectivity index (χ0v) is 11.0. The van der Waals surface area contributed by atoms with Crippen LogP contribution in [0.4, 0.5) is 0 Å². The van der Waals surface area contributed by atoms with Crippen LogP contribution in [0.1, 0.15) is 25.3 Å². The number of nitrogens with two attached hydrogens (primary N) is 1. The van der Waals surface area contributed by atoms with Gasteiger partial charge in [-0.15, -0.1) is 0 Å². The quantitative estimate of drug-likeness (QED) is 0.760. The summed E-state index contributed by atoms with van der Waals surface area (Å²) in [6.45, 7) is 2.96. The fourth-order valence-electron chi connectivity index (χ4n) is 1.65. The first-order valence-electron chi connectivity index (χ1n) is 6.14. The van der Waals surface area contributed by atoms with Crippen molar-refractivity contribution in [1.82, 2.24) is 10.3 Å². The van der Waals surface area contributed by atoms with Crippen LogP contribution in [0, 0.1) is 5.92 Å². The summed E-state index contributed by atoms with van der Waals surface area (Å²) in [5.74, 6) is 0.568. The number of carbonyl (C=O) groups excluding carboxylic acids is 1. The molecular formula is C13H21N3O2. The van der Waals surface area contributed by atoms with Crippen LogP contribution in [0.3, 0.4) is 0 Å². The van der Waals surface area contributed by atoms with E-state index in [9.17, 15) is 4.79 Å². The van der Waals surface area contributed by atoms with E-state index in [1.165, 1.54) is 0 Å². The maximum atomic E-state index is 11.8. The first-order chi connectivity index (χ1) is 8.69. The third-order valence-corrected chi connectivity index (χ3v) is 2.79. The molecule has 100 valence electrons. The van der Waals surface area contributed by atoms with E-state index in [1.807, 2.05) is 19.1 Å². The lowest BCUT2D eigenvalue weighted by Gasteiger charge is -2.12. The minimum atomic E-state index is -0.0174. The Balaban J connectivity index is 2.46. The molecule has 1 atom stereocenters. The molecule has 0 saturated carbocycles. The SMILES string of the molecule is COc1ncccc1CNC(=O)C(C)CCCN. The molecule has 0 bridgehead atoms. The lowest BCUT2D eigenvalue weighted by molar-refractivity contribution is -0.124. The van der Waals surface area contributed by atoms with Crippen molar-refractivity contribution in [2.24, 2.45) is 11.7 Å². The van der Waals surface area contributed by atoms with E-state index in [1.54, 1.807) is 13.3 Å². The smallest absolute Gasteiger partial charge is 0.223 e. The normalized spacial score (nSPS) is 11.9. The van der Waals surface area contributed by atoms with Gasteiger partial charge in [0.25, 0.3) is 0 Å². The van der Waals surface area contributed by atoms with E-state index in [2.05, 4.69) is 10.3 Å². The monoisotopic (exact) mass is 251 g/mol. The van der Waals surface area contributed by atoms with Gasteiger partial charge in [-0.05, 0) is 25.5 Å². The average molecular weight is 251 g/mol. The summed E-state index contributed by atoms with van der Waals surface area (Å²) < 4.78 is 5.12. The number of ether oxygens (including phenoxy) is 1. The van der Waals surface area contributed by atoms with Gasteiger partial charge in [0.05, 0.1) is 7.11 Å². The van der Waals surface area contributed by atoms with Gasteiger partial charge in [-0.2, -0.15) is 0 Å². The molecule has 3 N–H and O–H groups in total. The van der Waals surface area contributed by atoms with Crippen molar-refractivity contribution in [3.63, 3.8) is 0 Å². The van der Waals surface area contributed by atoms with Crippen molar-refractivity contribution in [3.8, 4) is 5.88 Å². The van der Waals surface area contributed by atoms with Crippen molar-refractivity contribution in [2.45, 2.75) is 26.3 Å². The van der Waals surface area contributed by atoms with Crippen molar-refractivity contribution in [2.75, 3.05) is 13.7 Å². The molecule has 0 aliphatic heterocycles. The Bertz CT molecular complexity index is 382. The van der Waals surface area contributed by atoms with E-state index in [4.69, 9.17) is 10.5 Å². The molecule has 5 nitrogen and oxygen atoms in total. The average Bonchev–Trinajstić information content (AvgIpc) is 2.42. The number of pyridine rings is 1. The predicted molar refractivity (Wildman–Crippen MR) is 70.1 cm³/mol. The van der Waals surface area contributed by atoms with Gasteiger partial charge in [0.1, 0.15) is 0 Å². The number of hydrogen-bond acceptors (Lipinski definition) is 4. The zero-order chi connectivity index (χ0) is 13.4. The summed E-state index contributed by atoms with van der Waals surface area (Å²) in [5.41, 5.74) is 6.30. The van der Waals surface area contributed by atoms with Crippen LogP contribution in [0.5, 0.6) is 5.88 Å². The second-order valence-corrected chi connectivity index (χ2v) is 4.22. The highest BCUT2D eigenvalue weighted by Gasteiger charge is 2.12. The van der Waals surface area contributed by atoms with Crippen molar-refractivity contribution in [3.05, 3.63) is 23.9 Å². The van der Waals surface area contributed by atoms with E-state index in [0.717, 1.165) is 18.4 Å². The summed E-state index contributed by atoms with van der Waals surface area (Å²) in [4.78, 5) is 15.9. The number of methoxy groups -OCH3 is 1. The number of carbonyl (C=O) groups is 1. The van der Waals surface area contributed by atoms with E-state index >= 15 is 0 Å². The van der Waals surface area contributed by atoms with Gasteiger partial charge >= 0.3 is 0 Å². The summed E-state index contributed by atoms with van der Waals surface area (Å²) in [6.07, 6.45) is 3.34. The van der Waals surface area contributed by atoms with E-state index < -0.39 is 0 Å². The summed E-state index contributed by atoms with van der Waals surface area (Å²) in [5, 5.41) is 2.88. The Hall–Kier alpha value is -1.62. The highest BCUT2D eigenvalue weighted by Crippen LogP contribution is 2.13. The van der Waals surface area contributed by atoms with Crippen LogP contribution in [0.2, 0.25) is 0 Å². The van der Waals surface area contributed by atoms with Gasteiger partial charge < -0.3 is 15.8 Å². The van der Waals surface area contributed by atoms with Crippen molar-refractivity contribution in [1.29, 1.82) is 0 Å². The van der Waals surface area contributed by atoms with Gasteiger partial charge in [0.15, 0.2) is 0 Å². The van der Waals surface area contributed by atoms with Gasteiger partial charge in [0.2, 0.25) is 11.8 Å². The molecule has 1 rings (SSSR count). The van der Waals surface area contributed by atoms with Crippen molar-refractivity contribution >= 4 is 5.91 Å². The van der Waals surface area contributed by atoms with Crippen LogP contribution < -0.4 is 15.8 Å². The van der Waals surface area contributed by atoms with Crippen LogP contribution in [-0.4, -0.2) is 24.5 Å². The molecule has 0 radical (unpaired) electrons. The Morgan fingerprint density at radius 3 is 3.06 bits per heavy atom. The Labute approximate surface area is 108 Å². The van der Waals surface area contributed by atoms with Crippen LogP contribution in [0.15, 0.2) is 18.3 Å². The molecule has 1 aromatic heterocycles. The van der Waals surface area contributed by atoms with Crippen LogP contribution in [0.25, 0.3) is 0 Å². The number of nitrogens with zero attached hydrogens (tertiary/aromatic N) is 1. The third kappa shape index (κ3) is 4.33. The molecule has 18 heavy (non-hydrogen) atoms. The largest absolute Gasteiger partial charge is 0.481 e. The minimum absolute atomic E-state index is 0.0174. The molecule has 0 fully saturated rings. The standard InChI is InChI=1S/C13H21N3O2/c1-10(5-3-7-14)12(17)16-9-11-6-4-8-15-13(11)18-2/h4,6,8,10H,3,5,7,9,14H2,1-2H3,(H,16,17). The number of hydrogen-bond donors (Lipinski definition) is 2. The molecule has 0 spiro atoms. The Morgan fingerprint density at radius 2 is 2.39 bits per heavy atom. The predicted octanol–water partition coefficient (Wildman–Crippen LogP) is 1.08. The van der Waals surface area contributed by atoms with Crippen molar-refractivity contribution < 1.29 is 9.53 Å². The first kappa shape index (κ1) is 14.4. The molecule has 1 aromatic rings. The first-order valence-corrected chi connectivity index (χ1v) is 6.14. The number of amides is 1. The number of aromatic nitrogens is 1. The second kappa shape index (κ2) is 7.66. The summed E-state index contributed by atoms with van der Waals surface area (Å²) in [7, 11) is 1.57. The maximum Gasteiger partial charge on any atom is 0.223 e. The lowest BCUT2D eigenvalue weighted by Crippen LogP contribution is -2.29.